The summed E-state index contributed by atoms with van der Waals surface area (Å²) in [7, 11) is 1.68. The van der Waals surface area contributed by atoms with Crippen LogP contribution in [0.3, 0.4) is 0 Å². The zero-order valence-electron chi connectivity index (χ0n) is 8.47. The molecule has 0 heterocycles. The monoisotopic (exact) mass is 450 g/mol. The first-order valence-corrected chi connectivity index (χ1v) is 8.08. The van der Waals surface area contributed by atoms with Crippen LogP contribution < -0.4 is 4.74 Å². The second-order valence-electron chi connectivity index (χ2n) is 3.34. The Bertz CT molecular complexity index is 313. The molecule has 0 atom stereocenters. The maximum atomic E-state index is 6.15. The molecule has 1 nitrogen and oxygen atoms in total. The topological polar surface area (TPSA) is 9.23 Å². The lowest BCUT2D eigenvalue weighted by Crippen LogP contribution is -2.07. The van der Waals surface area contributed by atoms with Crippen LogP contribution in [-0.4, -0.2) is 16.0 Å². The van der Waals surface area contributed by atoms with Crippen LogP contribution >= 0.6 is 56.8 Å². The zero-order chi connectivity index (χ0) is 11.3. The first-order valence-electron chi connectivity index (χ1n) is 4.65. The number of rotatable bonds is 5. The number of methoxy groups -OCH3 is 1. The fraction of sp³-hybridized carbons (Fsp3) is 0.455. The SMILES string of the molecule is COc1ccc(Cl)c(CC(CI)CI)c1. The predicted octanol–water partition coefficient (Wildman–Crippen LogP) is 4.38. The van der Waals surface area contributed by atoms with Crippen LogP contribution in [0.25, 0.3) is 0 Å². The van der Waals surface area contributed by atoms with Crippen molar-refractivity contribution in [3.05, 3.63) is 28.8 Å². The lowest BCUT2D eigenvalue weighted by Gasteiger charge is -2.12. The van der Waals surface area contributed by atoms with Crippen LogP contribution in [-0.2, 0) is 6.42 Å². The van der Waals surface area contributed by atoms with Crippen LogP contribution in [0.5, 0.6) is 5.75 Å². The van der Waals surface area contributed by atoms with E-state index in [1.165, 1.54) is 5.56 Å². The second-order valence-corrected chi connectivity index (χ2v) is 5.50. The molecule has 0 aromatic heterocycles. The molecule has 0 radical (unpaired) electrons. The summed E-state index contributed by atoms with van der Waals surface area (Å²) < 4.78 is 7.52. The van der Waals surface area contributed by atoms with Gasteiger partial charge in [-0.1, -0.05) is 56.8 Å². The maximum absolute atomic E-state index is 6.15. The summed E-state index contributed by atoms with van der Waals surface area (Å²) in [6.45, 7) is 0. The highest BCUT2D eigenvalue weighted by molar-refractivity contribution is 14.1. The van der Waals surface area contributed by atoms with Crippen molar-refractivity contribution in [1.82, 2.24) is 0 Å². The van der Waals surface area contributed by atoms with E-state index < -0.39 is 0 Å². The number of ether oxygens (including phenoxy) is 1. The molecule has 1 aromatic rings. The third-order valence-corrected chi connectivity index (χ3v) is 5.06. The molecule has 0 saturated heterocycles. The zero-order valence-corrected chi connectivity index (χ0v) is 13.5. The van der Waals surface area contributed by atoms with E-state index in [0.29, 0.717) is 5.92 Å². The molecule has 0 aliphatic heterocycles. The third-order valence-electron chi connectivity index (χ3n) is 2.20. The highest BCUT2D eigenvalue weighted by Gasteiger charge is 2.10. The van der Waals surface area contributed by atoms with Crippen LogP contribution in [0.15, 0.2) is 18.2 Å². The number of benzene rings is 1. The summed E-state index contributed by atoms with van der Waals surface area (Å²) in [6.07, 6.45) is 1.03. The highest BCUT2D eigenvalue weighted by Crippen LogP contribution is 2.25. The fourth-order valence-corrected chi connectivity index (χ4v) is 3.93. The Kier molecular flexibility index (Phi) is 6.61. The highest BCUT2D eigenvalue weighted by atomic mass is 127. The van der Waals surface area contributed by atoms with Crippen LogP contribution in [0.1, 0.15) is 5.56 Å². The van der Waals surface area contributed by atoms with Gasteiger partial charge in [-0.05, 0) is 36.1 Å². The van der Waals surface area contributed by atoms with Gasteiger partial charge in [-0.25, -0.2) is 0 Å². The Morgan fingerprint density at radius 3 is 2.53 bits per heavy atom. The number of hydrogen-bond donors (Lipinski definition) is 0. The van der Waals surface area contributed by atoms with Crippen LogP contribution in [0.2, 0.25) is 5.02 Å². The van der Waals surface area contributed by atoms with Crippen molar-refractivity contribution in [2.24, 2.45) is 5.92 Å². The van der Waals surface area contributed by atoms with Gasteiger partial charge < -0.3 is 4.74 Å². The fourth-order valence-electron chi connectivity index (χ4n) is 1.30. The summed E-state index contributed by atoms with van der Waals surface area (Å²) in [5, 5.41) is 0.843. The molecule has 84 valence electrons. The predicted molar refractivity (Wildman–Crippen MR) is 83.0 cm³/mol. The van der Waals surface area contributed by atoms with E-state index in [4.69, 9.17) is 16.3 Å². The summed E-state index contributed by atoms with van der Waals surface area (Å²) in [4.78, 5) is 0. The maximum Gasteiger partial charge on any atom is 0.119 e. The van der Waals surface area contributed by atoms with Crippen LogP contribution in [0.4, 0.5) is 0 Å². The molecule has 0 aliphatic carbocycles. The average molecular weight is 450 g/mol. The number of halogens is 3. The van der Waals surface area contributed by atoms with Gasteiger partial charge in [0.2, 0.25) is 0 Å². The normalized spacial score (nSPS) is 10.7. The molecule has 0 fully saturated rings. The van der Waals surface area contributed by atoms with Gasteiger partial charge in [0.15, 0.2) is 0 Å². The average Bonchev–Trinajstić information content (AvgIpc) is 2.28. The molecule has 0 amide bonds. The molecular formula is C11H13ClI2O. The molecule has 0 N–H and O–H groups in total. The Morgan fingerprint density at radius 2 is 2.00 bits per heavy atom. The number of hydrogen-bond acceptors (Lipinski definition) is 1. The largest absolute Gasteiger partial charge is 0.497 e. The van der Waals surface area contributed by atoms with E-state index in [-0.39, 0.29) is 0 Å². The van der Waals surface area contributed by atoms with Crippen molar-refractivity contribution in [3.63, 3.8) is 0 Å². The quantitative estimate of drug-likeness (QED) is 0.478. The van der Waals surface area contributed by atoms with Gasteiger partial charge in [0.05, 0.1) is 7.11 Å². The van der Waals surface area contributed by atoms with E-state index in [0.717, 1.165) is 26.0 Å². The Morgan fingerprint density at radius 1 is 1.33 bits per heavy atom. The Hall–Kier alpha value is 0.770. The summed E-state index contributed by atoms with van der Waals surface area (Å²) in [5.74, 6) is 1.57. The second kappa shape index (κ2) is 7.17. The van der Waals surface area contributed by atoms with Gasteiger partial charge in [-0.2, -0.15) is 0 Å². The van der Waals surface area contributed by atoms with Crippen molar-refractivity contribution in [2.75, 3.05) is 16.0 Å². The molecule has 4 heteroatoms. The van der Waals surface area contributed by atoms with Crippen molar-refractivity contribution in [2.45, 2.75) is 6.42 Å². The molecule has 0 bridgehead atoms. The van der Waals surface area contributed by atoms with Gasteiger partial charge in [-0.15, -0.1) is 0 Å². The van der Waals surface area contributed by atoms with Gasteiger partial charge in [0, 0.05) is 13.9 Å². The minimum Gasteiger partial charge on any atom is -0.497 e. The summed E-state index contributed by atoms with van der Waals surface area (Å²) in [6, 6.07) is 5.84. The molecule has 0 unspecified atom stereocenters. The summed E-state index contributed by atoms with van der Waals surface area (Å²) in [5.41, 5.74) is 1.19. The molecule has 1 aromatic carbocycles. The Balaban J connectivity index is 2.82. The molecule has 0 saturated carbocycles. The van der Waals surface area contributed by atoms with Crippen molar-refractivity contribution >= 4 is 56.8 Å². The van der Waals surface area contributed by atoms with Gasteiger partial charge in [0.1, 0.15) is 5.75 Å². The van der Waals surface area contributed by atoms with E-state index in [9.17, 15) is 0 Å². The van der Waals surface area contributed by atoms with E-state index in [1.54, 1.807) is 7.11 Å². The Labute approximate surface area is 123 Å². The molecule has 15 heavy (non-hydrogen) atoms. The van der Waals surface area contributed by atoms with Crippen molar-refractivity contribution < 1.29 is 4.74 Å². The van der Waals surface area contributed by atoms with E-state index in [2.05, 4.69) is 45.2 Å². The first-order chi connectivity index (χ1) is 7.21. The number of alkyl halides is 2. The lowest BCUT2D eigenvalue weighted by atomic mass is 10.0. The molecule has 0 aliphatic rings. The molecule has 1 rings (SSSR count). The molecular weight excluding hydrogens is 437 g/mol. The minimum absolute atomic E-state index is 0.691. The minimum atomic E-state index is 0.691. The standard InChI is InChI=1S/C11H13ClI2O/c1-15-10-2-3-11(12)9(5-10)4-8(6-13)7-14/h2-3,5,8H,4,6-7H2,1H3. The smallest absolute Gasteiger partial charge is 0.119 e. The lowest BCUT2D eigenvalue weighted by molar-refractivity contribution is 0.414. The first kappa shape index (κ1) is 13.8. The van der Waals surface area contributed by atoms with E-state index in [1.807, 2.05) is 18.2 Å². The van der Waals surface area contributed by atoms with Gasteiger partial charge in [0.25, 0.3) is 0 Å². The van der Waals surface area contributed by atoms with Crippen molar-refractivity contribution in [3.8, 4) is 5.75 Å². The van der Waals surface area contributed by atoms with Crippen LogP contribution in [0, 0.1) is 5.92 Å². The third kappa shape index (κ3) is 4.26. The van der Waals surface area contributed by atoms with E-state index >= 15 is 0 Å². The van der Waals surface area contributed by atoms with Gasteiger partial charge in [-0.3, -0.25) is 0 Å². The molecule has 0 spiro atoms. The van der Waals surface area contributed by atoms with Gasteiger partial charge >= 0.3 is 0 Å². The van der Waals surface area contributed by atoms with Crippen molar-refractivity contribution in [1.29, 1.82) is 0 Å². The summed E-state index contributed by atoms with van der Waals surface area (Å²) >= 11 is 11.0.